The predicted molar refractivity (Wildman–Crippen MR) is 77.8 cm³/mol. The third-order valence-corrected chi connectivity index (χ3v) is 2.60. The van der Waals surface area contributed by atoms with Crippen molar-refractivity contribution in [2.24, 2.45) is 0 Å². The minimum absolute atomic E-state index is 0.263. The van der Waals surface area contributed by atoms with Gasteiger partial charge in [-0.05, 0) is 31.2 Å². The van der Waals surface area contributed by atoms with Crippen LogP contribution in [0.2, 0.25) is 0 Å². The molecule has 0 atom stereocenters. The number of hydrogen-bond donors (Lipinski definition) is 3. The van der Waals surface area contributed by atoms with Gasteiger partial charge in [-0.3, -0.25) is 25.2 Å². The Morgan fingerprint density at radius 1 is 1.00 bits per heavy atom. The molecule has 0 radical (unpaired) electrons. The van der Waals surface area contributed by atoms with Gasteiger partial charge in [0.25, 0.3) is 0 Å². The fourth-order valence-corrected chi connectivity index (χ4v) is 1.51. The Morgan fingerprint density at radius 3 is 2.12 bits per heavy atom. The topological polar surface area (TPSA) is 96.5 Å². The van der Waals surface area contributed by atoms with Crippen LogP contribution in [0.5, 0.6) is 5.75 Å². The maximum atomic E-state index is 11.9. The van der Waals surface area contributed by atoms with Gasteiger partial charge in [0.1, 0.15) is 5.75 Å². The lowest BCUT2D eigenvalue weighted by Crippen LogP contribution is -2.47. The zero-order valence-corrected chi connectivity index (χ0v) is 12.7. The molecule has 0 unspecified atom stereocenters. The average Bonchev–Trinajstić information content (AvgIpc) is 2.51. The van der Waals surface area contributed by atoms with Crippen LogP contribution in [0.3, 0.4) is 0 Å². The summed E-state index contributed by atoms with van der Waals surface area (Å²) in [5.41, 5.74) is 3.26. The lowest BCUT2D eigenvalue weighted by atomic mass is 10.2. The summed E-state index contributed by atoms with van der Waals surface area (Å²) in [5.74, 6) is -3.09. The minimum atomic E-state index is -5.10. The van der Waals surface area contributed by atoms with Gasteiger partial charge in [0, 0.05) is 18.5 Å². The van der Waals surface area contributed by atoms with Crippen LogP contribution < -0.4 is 20.9 Å². The number of amides is 3. The summed E-state index contributed by atoms with van der Waals surface area (Å²) in [6.07, 6.45) is -5.75. The number of ether oxygens (including phenoxy) is 1. The molecular formula is C14H16F3N3O4. The molecule has 7 nitrogen and oxygen atoms in total. The van der Waals surface area contributed by atoms with E-state index in [1.165, 1.54) is 5.43 Å². The van der Waals surface area contributed by atoms with Crippen molar-refractivity contribution in [3.8, 4) is 5.75 Å². The second-order valence-corrected chi connectivity index (χ2v) is 4.51. The van der Waals surface area contributed by atoms with Gasteiger partial charge in [0.15, 0.2) is 0 Å². The lowest BCUT2D eigenvalue weighted by Gasteiger charge is -2.09. The molecule has 0 spiro atoms. The number of nitrogens with one attached hydrogen (secondary N) is 3. The van der Waals surface area contributed by atoms with E-state index >= 15 is 0 Å². The third-order valence-electron chi connectivity index (χ3n) is 2.60. The Hall–Kier alpha value is -2.78. The summed E-state index contributed by atoms with van der Waals surface area (Å²) in [7, 11) is 0. The van der Waals surface area contributed by atoms with E-state index in [2.05, 4.69) is 5.32 Å². The number of carbonyl (C=O) groups is 3. The first-order valence-electron chi connectivity index (χ1n) is 6.91. The molecule has 0 saturated carbocycles. The number of rotatable bonds is 6. The molecule has 0 bridgehead atoms. The number of alkyl halides is 3. The van der Waals surface area contributed by atoms with E-state index in [1.807, 2.05) is 6.92 Å². The number of hydrogen-bond acceptors (Lipinski definition) is 4. The highest BCUT2D eigenvalue weighted by Crippen LogP contribution is 2.16. The number of carbonyl (C=O) groups excluding carboxylic acids is 3. The van der Waals surface area contributed by atoms with Crippen LogP contribution in [0.4, 0.5) is 18.9 Å². The molecule has 132 valence electrons. The smallest absolute Gasteiger partial charge is 0.472 e. The highest BCUT2D eigenvalue weighted by molar-refractivity contribution is 5.93. The van der Waals surface area contributed by atoms with Crippen LogP contribution in [0.1, 0.15) is 19.8 Å². The fourth-order valence-electron chi connectivity index (χ4n) is 1.51. The maximum Gasteiger partial charge on any atom is 0.472 e. The number of halogens is 3. The second-order valence-electron chi connectivity index (χ2n) is 4.51. The largest absolute Gasteiger partial charge is 0.494 e. The normalized spacial score (nSPS) is 10.7. The maximum absolute atomic E-state index is 11.9. The van der Waals surface area contributed by atoms with Gasteiger partial charge >= 0.3 is 12.1 Å². The zero-order chi connectivity index (χ0) is 18.2. The van der Waals surface area contributed by atoms with Crippen LogP contribution in [0, 0.1) is 0 Å². The first-order valence-corrected chi connectivity index (χ1v) is 6.91. The van der Waals surface area contributed by atoms with Gasteiger partial charge in [0.05, 0.1) is 6.61 Å². The molecule has 3 N–H and O–H groups in total. The standard InChI is InChI=1S/C14H16F3N3O4/c1-2-24-10-5-3-9(4-6-10)18-11(21)7-8-12(22)19-20-13(23)14(15,16)17/h3-6H,2,7-8H2,1H3,(H,18,21)(H,19,22)(H,20,23). The highest BCUT2D eigenvalue weighted by atomic mass is 19.4. The van der Waals surface area contributed by atoms with Gasteiger partial charge < -0.3 is 10.1 Å². The molecule has 0 saturated heterocycles. The van der Waals surface area contributed by atoms with Crippen molar-refractivity contribution in [3.63, 3.8) is 0 Å². The quantitative estimate of drug-likeness (QED) is 0.680. The number of hydrazine groups is 1. The summed E-state index contributed by atoms with van der Waals surface area (Å²) >= 11 is 0. The molecule has 0 fully saturated rings. The van der Waals surface area contributed by atoms with E-state index < -0.39 is 23.9 Å². The van der Waals surface area contributed by atoms with Crippen LogP contribution >= 0.6 is 0 Å². The summed E-state index contributed by atoms with van der Waals surface area (Å²) < 4.78 is 40.9. The second kappa shape index (κ2) is 8.75. The summed E-state index contributed by atoms with van der Waals surface area (Å²) in [5, 5.41) is 2.51. The van der Waals surface area contributed by atoms with E-state index in [9.17, 15) is 27.6 Å². The first kappa shape index (κ1) is 19.3. The molecule has 24 heavy (non-hydrogen) atoms. The number of anilines is 1. The van der Waals surface area contributed by atoms with Gasteiger partial charge in [-0.25, -0.2) is 0 Å². The predicted octanol–water partition coefficient (Wildman–Crippen LogP) is 1.51. The molecule has 0 aliphatic heterocycles. The van der Waals surface area contributed by atoms with Crippen LogP contribution in [-0.2, 0) is 14.4 Å². The monoisotopic (exact) mass is 347 g/mol. The first-order chi connectivity index (χ1) is 11.2. The molecule has 0 aliphatic carbocycles. The van der Waals surface area contributed by atoms with Gasteiger partial charge in [-0.1, -0.05) is 0 Å². The SMILES string of the molecule is CCOc1ccc(NC(=O)CCC(=O)NNC(=O)C(F)(F)F)cc1. The van der Waals surface area contributed by atoms with E-state index in [1.54, 1.807) is 29.7 Å². The molecule has 10 heteroatoms. The van der Waals surface area contributed by atoms with E-state index in [0.29, 0.717) is 18.0 Å². The van der Waals surface area contributed by atoms with Crippen molar-refractivity contribution in [1.29, 1.82) is 0 Å². The van der Waals surface area contributed by atoms with Crippen molar-refractivity contribution in [2.45, 2.75) is 25.9 Å². The minimum Gasteiger partial charge on any atom is -0.494 e. The van der Waals surface area contributed by atoms with Gasteiger partial charge in [-0.15, -0.1) is 0 Å². The average molecular weight is 347 g/mol. The molecule has 0 aromatic heterocycles. The van der Waals surface area contributed by atoms with E-state index in [0.717, 1.165) is 0 Å². The summed E-state index contributed by atoms with van der Waals surface area (Å²) in [6.45, 7) is 2.34. The fraction of sp³-hybridized carbons (Fsp3) is 0.357. The summed E-state index contributed by atoms with van der Waals surface area (Å²) in [4.78, 5) is 33.4. The highest BCUT2D eigenvalue weighted by Gasteiger charge is 2.38. The Balaban J connectivity index is 2.32. The van der Waals surface area contributed by atoms with E-state index in [-0.39, 0.29) is 12.8 Å². The Morgan fingerprint density at radius 2 is 1.58 bits per heavy atom. The van der Waals surface area contributed by atoms with Crippen molar-refractivity contribution < 1.29 is 32.3 Å². The van der Waals surface area contributed by atoms with Crippen molar-refractivity contribution in [2.75, 3.05) is 11.9 Å². The third kappa shape index (κ3) is 6.99. The van der Waals surface area contributed by atoms with Crippen LogP contribution in [0.15, 0.2) is 24.3 Å². The molecule has 0 heterocycles. The Bertz CT molecular complexity index is 588. The molecule has 1 rings (SSSR count). The van der Waals surface area contributed by atoms with Crippen LogP contribution in [0.25, 0.3) is 0 Å². The van der Waals surface area contributed by atoms with Gasteiger partial charge in [-0.2, -0.15) is 13.2 Å². The van der Waals surface area contributed by atoms with Crippen molar-refractivity contribution >= 4 is 23.4 Å². The Labute approximate surface area is 135 Å². The lowest BCUT2D eigenvalue weighted by molar-refractivity contribution is -0.175. The van der Waals surface area contributed by atoms with E-state index in [4.69, 9.17) is 4.74 Å². The van der Waals surface area contributed by atoms with Crippen molar-refractivity contribution in [3.05, 3.63) is 24.3 Å². The zero-order valence-electron chi connectivity index (χ0n) is 12.7. The number of benzene rings is 1. The molecule has 0 aliphatic rings. The van der Waals surface area contributed by atoms with Gasteiger partial charge in [0.2, 0.25) is 11.8 Å². The summed E-state index contributed by atoms with van der Waals surface area (Å²) in [6, 6.07) is 6.51. The van der Waals surface area contributed by atoms with Crippen LogP contribution in [-0.4, -0.2) is 30.5 Å². The molecular weight excluding hydrogens is 331 g/mol. The molecule has 1 aromatic carbocycles. The molecule has 3 amide bonds. The Kier molecular flexibility index (Phi) is 7.02. The van der Waals surface area contributed by atoms with Crippen molar-refractivity contribution in [1.82, 2.24) is 10.9 Å². The molecule has 1 aromatic rings.